The number of nitro groups is 2. The fourth-order valence-electron chi connectivity index (χ4n) is 1.54. The van der Waals surface area contributed by atoms with Crippen molar-refractivity contribution in [2.24, 2.45) is 0 Å². The summed E-state index contributed by atoms with van der Waals surface area (Å²) in [5, 5.41) is 27.6. The lowest BCUT2D eigenvalue weighted by atomic mass is 10.2. The maximum Gasteiger partial charge on any atom is 0.299 e. The van der Waals surface area contributed by atoms with Gasteiger partial charge in [-0.15, -0.1) is 0 Å². The summed E-state index contributed by atoms with van der Waals surface area (Å²) in [4.78, 5) is 20.6. The van der Waals surface area contributed by atoms with Crippen LogP contribution in [0.25, 0.3) is 0 Å². The van der Waals surface area contributed by atoms with E-state index in [0.717, 1.165) is 6.07 Å². The second-order valence-electron chi connectivity index (χ2n) is 3.70. The van der Waals surface area contributed by atoms with E-state index in [1.54, 1.807) is 0 Å². The minimum absolute atomic E-state index is 0.219. The van der Waals surface area contributed by atoms with Crippen LogP contribution in [0.4, 0.5) is 22.7 Å². The van der Waals surface area contributed by atoms with Gasteiger partial charge in [-0.1, -0.05) is 0 Å². The van der Waals surface area contributed by atoms with E-state index >= 15 is 0 Å². The summed E-state index contributed by atoms with van der Waals surface area (Å²) < 4.78 is 0. The van der Waals surface area contributed by atoms with Crippen LogP contribution in [0.2, 0.25) is 0 Å². The zero-order valence-corrected chi connectivity index (χ0v) is 12.2. The summed E-state index contributed by atoms with van der Waals surface area (Å²) in [5.74, 6) is 0.959. The molecule has 0 atom stereocenters. The quantitative estimate of drug-likeness (QED) is 0.332. The van der Waals surface area contributed by atoms with Gasteiger partial charge < -0.3 is 10.6 Å². The lowest BCUT2D eigenvalue weighted by Gasteiger charge is -2.10. The van der Waals surface area contributed by atoms with Gasteiger partial charge in [0.05, 0.1) is 15.9 Å². The van der Waals surface area contributed by atoms with Crippen molar-refractivity contribution in [3.05, 3.63) is 32.4 Å². The first-order valence-corrected chi connectivity index (χ1v) is 6.94. The molecule has 20 heavy (non-hydrogen) atoms. The molecule has 0 saturated carbocycles. The number of nitro benzene ring substituents is 2. The van der Waals surface area contributed by atoms with Crippen molar-refractivity contribution in [2.45, 2.75) is 0 Å². The van der Waals surface area contributed by atoms with Crippen molar-refractivity contribution >= 4 is 48.0 Å². The molecule has 0 radical (unpaired) electrons. The number of anilines is 2. The molecule has 110 valence electrons. The van der Waals surface area contributed by atoms with E-state index in [1.807, 2.05) is 0 Å². The lowest BCUT2D eigenvalue weighted by molar-refractivity contribution is -0.393. The predicted molar refractivity (Wildman–Crippen MR) is 84.4 cm³/mol. The summed E-state index contributed by atoms with van der Waals surface area (Å²) in [6, 6.07) is 2.31. The van der Waals surface area contributed by atoms with Crippen molar-refractivity contribution in [3.63, 3.8) is 0 Å². The van der Waals surface area contributed by atoms with E-state index in [2.05, 4.69) is 35.9 Å². The van der Waals surface area contributed by atoms with Gasteiger partial charge in [0.2, 0.25) is 0 Å². The van der Waals surface area contributed by atoms with Gasteiger partial charge in [0.15, 0.2) is 0 Å². The summed E-state index contributed by atoms with van der Waals surface area (Å²) in [5.41, 5.74) is -0.238. The minimum atomic E-state index is -0.657. The van der Waals surface area contributed by atoms with E-state index in [-0.39, 0.29) is 22.7 Å². The molecule has 0 bridgehead atoms. The van der Waals surface area contributed by atoms with Crippen LogP contribution in [-0.4, -0.2) is 34.4 Å². The average molecular weight is 318 g/mol. The molecule has 1 aromatic carbocycles. The second kappa shape index (κ2) is 7.80. The molecule has 0 aliphatic heterocycles. The largest absolute Gasteiger partial charge is 0.379 e. The topological polar surface area (TPSA) is 110 Å². The van der Waals surface area contributed by atoms with Crippen LogP contribution in [0.3, 0.4) is 0 Å². The molecule has 0 spiro atoms. The molecule has 1 rings (SSSR count). The van der Waals surface area contributed by atoms with Crippen LogP contribution < -0.4 is 10.6 Å². The highest BCUT2D eigenvalue weighted by molar-refractivity contribution is 7.80. The molecular weight excluding hydrogens is 304 g/mol. The van der Waals surface area contributed by atoms with Crippen LogP contribution in [0.15, 0.2) is 12.1 Å². The van der Waals surface area contributed by atoms with E-state index < -0.39 is 9.85 Å². The van der Waals surface area contributed by atoms with Gasteiger partial charge in [0.25, 0.3) is 11.4 Å². The molecule has 0 amide bonds. The van der Waals surface area contributed by atoms with Crippen molar-refractivity contribution in [1.29, 1.82) is 0 Å². The van der Waals surface area contributed by atoms with Crippen LogP contribution in [0.1, 0.15) is 0 Å². The summed E-state index contributed by atoms with van der Waals surface area (Å²) >= 11 is 8.01. The van der Waals surface area contributed by atoms with Gasteiger partial charge in [0.1, 0.15) is 11.4 Å². The smallest absolute Gasteiger partial charge is 0.299 e. The third-order valence-electron chi connectivity index (χ3n) is 2.36. The zero-order valence-electron chi connectivity index (χ0n) is 10.4. The normalized spacial score (nSPS) is 10.1. The maximum absolute atomic E-state index is 11.0. The van der Waals surface area contributed by atoms with Crippen LogP contribution in [0, 0.1) is 20.2 Å². The number of rotatable bonds is 8. The van der Waals surface area contributed by atoms with Crippen molar-refractivity contribution < 1.29 is 9.85 Å². The van der Waals surface area contributed by atoms with Gasteiger partial charge in [-0.25, -0.2) is 0 Å². The molecule has 10 heteroatoms. The Balaban J connectivity index is 3.27. The standard InChI is InChI=1S/C10H14N4O4S2/c15-13(16)9-6-10(14(17)18)8(12-2-4-20)5-7(9)11-1-3-19/h5-6,11-12,19-20H,1-4H2. The van der Waals surface area contributed by atoms with Crippen LogP contribution in [0.5, 0.6) is 0 Å². The van der Waals surface area contributed by atoms with Gasteiger partial charge >= 0.3 is 0 Å². The fraction of sp³-hybridized carbons (Fsp3) is 0.400. The molecular formula is C10H14N4O4S2. The fourth-order valence-corrected chi connectivity index (χ4v) is 1.77. The second-order valence-corrected chi connectivity index (χ2v) is 4.60. The van der Waals surface area contributed by atoms with Crippen molar-refractivity contribution in [1.82, 2.24) is 0 Å². The highest BCUT2D eigenvalue weighted by Crippen LogP contribution is 2.35. The highest BCUT2D eigenvalue weighted by Gasteiger charge is 2.24. The molecule has 1 aromatic rings. The van der Waals surface area contributed by atoms with Gasteiger partial charge in [0, 0.05) is 24.6 Å². The highest BCUT2D eigenvalue weighted by atomic mass is 32.1. The molecule has 0 saturated heterocycles. The third kappa shape index (κ3) is 4.17. The summed E-state index contributed by atoms with van der Waals surface area (Å²) in [7, 11) is 0. The average Bonchev–Trinajstić information content (AvgIpc) is 2.41. The van der Waals surface area contributed by atoms with Gasteiger partial charge in [-0.3, -0.25) is 20.2 Å². The number of hydrogen-bond donors (Lipinski definition) is 4. The summed E-state index contributed by atoms with van der Waals surface area (Å²) in [6.07, 6.45) is 0. The Bertz CT molecular complexity index is 471. The molecule has 0 fully saturated rings. The van der Waals surface area contributed by atoms with E-state index in [1.165, 1.54) is 6.07 Å². The third-order valence-corrected chi connectivity index (χ3v) is 2.81. The Hall–Kier alpha value is -1.68. The Morgan fingerprint density at radius 3 is 1.60 bits per heavy atom. The predicted octanol–water partition coefficient (Wildman–Crippen LogP) is 2.19. The number of thiol groups is 2. The molecule has 0 heterocycles. The van der Waals surface area contributed by atoms with E-state index in [9.17, 15) is 20.2 Å². The Morgan fingerprint density at radius 2 is 1.30 bits per heavy atom. The summed E-state index contributed by atoms with van der Waals surface area (Å²) in [6.45, 7) is 0.821. The van der Waals surface area contributed by atoms with Gasteiger partial charge in [-0.2, -0.15) is 25.3 Å². The molecule has 8 nitrogen and oxygen atoms in total. The Morgan fingerprint density at radius 1 is 0.900 bits per heavy atom. The Labute approximate surface area is 126 Å². The number of benzene rings is 1. The molecule has 0 aliphatic carbocycles. The lowest BCUT2D eigenvalue weighted by Crippen LogP contribution is -2.09. The zero-order chi connectivity index (χ0) is 15.1. The minimum Gasteiger partial charge on any atom is -0.379 e. The van der Waals surface area contributed by atoms with Gasteiger partial charge in [-0.05, 0) is 6.07 Å². The molecule has 0 aromatic heterocycles. The van der Waals surface area contributed by atoms with Crippen molar-refractivity contribution in [2.75, 3.05) is 35.2 Å². The first-order chi connectivity index (χ1) is 9.51. The first-order valence-electron chi connectivity index (χ1n) is 5.67. The van der Waals surface area contributed by atoms with E-state index in [0.29, 0.717) is 24.6 Å². The number of nitrogens with one attached hydrogen (secondary N) is 2. The van der Waals surface area contributed by atoms with Crippen molar-refractivity contribution in [3.8, 4) is 0 Å². The number of hydrogen-bond acceptors (Lipinski definition) is 8. The maximum atomic E-state index is 11.0. The molecule has 0 unspecified atom stereocenters. The number of nitrogens with zero attached hydrogens (tertiary/aromatic N) is 2. The Kier molecular flexibility index (Phi) is 6.39. The van der Waals surface area contributed by atoms with Crippen LogP contribution >= 0.6 is 25.3 Å². The monoisotopic (exact) mass is 318 g/mol. The molecule has 2 N–H and O–H groups in total. The van der Waals surface area contributed by atoms with Crippen LogP contribution in [-0.2, 0) is 0 Å². The SMILES string of the molecule is O=[N+]([O-])c1cc([N+](=O)[O-])c(NCCS)cc1NCCS. The van der Waals surface area contributed by atoms with E-state index in [4.69, 9.17) is 0 Å². The molecule has 0 aliphatic rings. The first kappa shape index (κ1) is 16.4.